The molecule has 2 rings (SSSR count). The summed E-state index contributed by atoms with van der Waals surface area (Å²) in [6, 6.07) is 10.4. The van der Waals surface area contributed by atoms with Crippen LogP contribution in [-0.4, -0.2) is 25.1 Å². The Morgan fingerprint density at radius 2 is 1.57 bits per heavy atom. The molecule has 0 bridgehead atoms. The fourth-order valence-corrected chi connectivity index (χ4v) is 2.18. The third-order valence-electron chi connectivity index (χ3n) is 3.74. The normalized spacial score (nSPS) is 11.2. The molecule has 2 aromatic rings. The zero-order chi connectivity index (χ0) is 17.0. The lowest BCUT2D eigenvalue weighted by Crippen LogP contribution is -1.99. The second-order valence-corrected chi connectivity index (χ2v) is 5.26. The van der Waals surface area contributed by atoms with Crippen molar-refractivity contribution >= 4 is 11.5 Å². The van der Waals surface area contributed by atoms with E-state index >= 15 is 0 Å². The molecule has 0 saturated heterocycles. The van der Waals surface area contributed by atoms with E-state index in [1.165, 1.54) is 20.3 Å². The van der Waals surface area contributed by atoms with Crippen LogP contribution in [0.2, 0.25) is 0 Å². The van der Waals surface area contributed by atoms with Crippen molar-refractivity contribution < 1.29 is 19.4 Å². The summed E-state index contributed by atoms with van der Waals surface area (Å²) in [4.78, 5) is 12.3. The molecule has 0 heterocycles. The van der Waals surface area contributed by atoms with Gasteiger partial charge in [0.05, 0.1) is 14.2 Å². The topological polar surface area (TPSA) is 55.8 Å². The van der Waals surface area contributed by atoms with E-state index in [0.717, 1.165) is 11.1 Å². The summed E-state index contributed by atoms with van der Waals surface area (Å²) in [5, 5.41) is 10.2. The molecule has 0 aliphatic rings. The van der Waals surface area contributed by atoms with Crippen molar-refractivity contribution in [3.8, 4) is 11.5 Å². The quantitative estimate of drug-likeness (QED) is 0.513. The lowest BCUT2D eigenvalue weighted by molar-refractivity contribution is 0.104. The smallest absolute Gasteiger partial charge is 0.189 e. The van der Waals surface area contributed by atoms with Crippen LogP contribution in [0.5, 0.6) is 11.5 Å². The standard InChI is InChI=1S/C19H20O4/c1-12-5-6-14(9-13(12)2)16(20)11-17(21)15-7-8-18(22-3)19(10-15)23-4/h5-11,20H,1-4H3/b16-11-. The Kier molecular flexibility index (Phi) is 5.06. The zero-order valence-corrected chi connectivity index (χ0v) is 13.7. The number of aliphatic hydroxyl groups excluding tert-OH is 1. The Labute approximate surface area is 136 Å². The van der Waals surface area contributed by atoms with Crippen LogP contribution in [0, 0.1) is 13.8 Å². The molecular weight excluding hydrogens is 292 g/mol. The van der Waals surface area contributed by atoms with Crippen LogP contribution in [-0.2, 0) is 0 Å². The molecule has 4 heteroatoms. The molecule has 0 aliphatic heterocycles. The Morgan fingerprint density at radius 1 is 0.913 bits per heavy atom. The molecule has 0 saturated carbocycles. The van der Waals surface area contributed by atoms with Crippen molar-refractivity contribution in [2.45, 2.75) is 13.8 Å². The molecule has 0 aliphatic carbocycles. The van der Waals surface area contributed by atoms with Crippen LogP contribution in [0.25, 0.3) is 5.76 Å². The molecule has 23 heavy (non-hydrogen) atoms. The fraction of sp³-hybridized carbons (Fsp3) is 0.211. The molecule has 0 spiro atoms. The van der Waals surface area contributed by atoms with E-state index in [4.69, 9.17) is 9.47 Å². The number of aryl methyl sites for hydroxylation is 2. The summed E-state index contributed by atoms with van der Waals surface area (Å²) in [6.07, 6.45) is 1.21. The Hall–Kier alpha value is -2.75. The van der Waals surface area contributed by atoms with E-state index in [1.54, 1.807) is 24.3 Å². The minimum Gasteiger partial charge on any atom is -0.507 e. The molecule has 0 atom stereocenters. The van der Waals surface area contributed by atoms with Crippen LogP contribution in [0.15, 0.2) is 42.5 Å². The molecule has 2 aromatic carbocycles. The largest absolute Gasteiger partial charge is 0.507 e. The molecule has 0 aromatic heterocycles. The molecule has 120 valence electrons. The number of hydrogen-bond acceptors (Lipinski definition) is 4. The highest BCUT2D eigenvalue weighted by Gasteiger charge is 2.11. The summed E-state index contributed by atoms with van der Waals surface area (Å²) >= 11 is 0. The molecule has 4 nitrogen and oxygen atoms in total. The fourth-order valence-electron chi connectivity index (χ4n) is 2.18. The van der Waals surface area contributed by atoms with Crippen molar-refractivity contribution in [3.63, 3.8) is 0 Å². The third-order valence-corrected chi connectivity index (χ3v) is 3.74. The van der Waals surface area contributed by atoms with Crippen LogP contribution in [0.3, 0.4) is 0 Å². The van der Waals surface area contributed by atoms with Gasteiger partial charge in [-0.25, -0.2) is 0 Å². The molecule has 1 N–H and O–H groups in total. The second-order valence-electron chi connectivity index (χ2n) is 5.26. The number of carbonyl (C=O) groups is 1. The van der Waals surface area contributed by atoms with Gasteiger partial charge in [-0.15, -0.1) is 0 Å². The molecule has 0 amide bonds. The van der Waals surface area contributed by atoms with Crippen molar-refractivity contribution in [2.75, 3.05) is 14.2 Å². The van der Waals surface area contributed by atoms with Crippen LogP contribution in [0.1, 0.15) is 27.0 Å². The highest BCUT2D eigenvalue weighted by molar-refractivity contribution is 6.08. The van der Waals surface area contributed by atoms with Crippen LogP contribution in [0.4, 0.5) is 0 Å². The van der Waals surface area contributed by atoms with Crippen LogP contribution < -0.4 is 9.47 Å². The van der Waals surface area contributed by atoms with Crippen molar-refractivity contribution in [1.29, 1.82) is 0 Å². The average Bonchev–Trinajstić information content (AvgIpc) is 2.56. The van der Waals surface area contributed by atoms with Gasteiger partial charge in [0.1, 0.15) is 5.76 Å². The van der Waals surface area contributed by atoms with Gasteiger partial charge in [0.15, 0.2) is 17.3 Å². The minimum atomic E-state index is -0.304. The first-order chi connectivity index (χ1) is 11.0. The Bertz CT molecular complexity index is 760. The summed E-state index contributed by atoms with van der Waals surface area (Å²) in [6.45, 7) is 3.96. The first-order valence-electron chi connectivity index (χ1n) is 7.21. The van der Waals surface area contributed by atoms with Gasteiger partial charge in [0, 0.05) is 17.2 Å². The first-order valence-corrected chi connectivity index (χ1v) is 7.21. The zero-order valence-electron chi connectivity index (χ0n) is 13.7. The molecular formula is C19H20O4. The highest BCUT2D eigenvalue weighted by atomic mass is 16.5. The second kappa shape index (κ2) is 7.01. The van der Waals surface area contributed by atoms with Gasteiger partial charge in [-0.2, -0.15) is 0 Å². The molecule has 0 radical (unpaired) electrons. The highest BCUT2D eigenvalue weighted by Crippen LogP contribution is 2.28. The number of ether oxygens (including phenoxy) is 2. The van der Waals surface area contributed by atoms with Gasteiger partial charge in [0.2, 0.25) is 0 Å². The van der Waals surface area contributed by atoms with Gasteiger partial charge in [-0.1, -0.05) is 12.1 Å². The van der Waals surface area contributed by atoms with E-state index in [-0.39, 0.29) is 11.5 Å². The number of ketones is 1. The van der Waals surface area contributed by atoms with E-state index in [0.29, 0.717) is 22.6 Å². The minimum absolute atomic E-state index is 0.0621. The maximum Gasteiger partial charge on any atom is 0.189 e. The predicted molar refractivity (Wildman–Crippen MR) is 90.4 cm³/mol. The summed E-state index contributed by atoms with van der Waals surface area (Å²) in [5.74, 6) is 0.651. The van der Waals surface area contributed by atoms with Crippen molar-refractivity contribution in [3.05, 3.63) is 64.7 Å². The van der Waals surface area contributed by atoms with E-state index in [1.807, 2.05) is 26.0 Å². The van der Waals surface area contributed by atoms with E-state index in [9.17, 15) is 9.90 Å². The summed E-state index contributed by atoms with van der Waals surface area (Å²) in [5.41, 5.74) is 3.22. The van der Waals surface area contributed by atoms with E-state index in [2.05, 4.69) is 0 Å². The summed E-state index contributed by atoms with van der Waals surface area (Å²) < 4.78 is 10.3. The van der Waals surface area contributed by atoms with E-state index < -0.39 is 0 Å². The maximum atomic E-state index is 12.3. The third kappa shape index (κ3) is 3.72. The number of benzene rings is 2. The monoisotopic (exact) mass is 312 g/mol. The predicted octanol–water partition coefficient (Wildman–Crippen LogP) is 4.10. The first kappa shape index (κ1) is 16.6. The average molecular weight is 312 g/mol. The number of methoxy groups -OCH3 is 2. The SMILES string of the molecule is COc1ccc(C(=O)/C=C(\O)c2ccc(C)c(C)c2)cc1OC. The number of hydrogen-bond donors (Lipinski definition) is 1. The van der Waals surface area contributed by atoms with Crippen molar-refractivity contribution in [1.82, 2.24) is 0 Å². The molecule has 0 fully saturated rings. The van der Waals surface area contributed by atoms with Gasteiger partial charge in [-0.3, -0.25) is 4.79 Å². The van der Waals surface area contributed by atoms with Crippen molar-refractivity contribution in [2.24, 2.45) is 0 Å². The Morgan fingerprint density at radius 3 is 2.17 bits per heavy atom. The number of allylic oxidation sites excluding steroid dienone is 1. The maximum absolute atomic E-state index is 12.3. The lowest BCUT2D eigenvalue weighted by atomic mass is 10.0. The Balaban J connectivity index is 2.31. The lowest BCUT2D eigenvalue weighted by Gasteiger charge is -2.08. The van der Waals surface area contributed by atoms with Gasteiger partial charge in [0.25, 0.3) is 0 Å². The molecule has 0 unspecified atom stereocenters. The van der Waals surface area contributed by atoms with Crippen LogP contribution >= 0.6 is 0 Å². The summed E-state index contributed by atoms with van der Waals surface area (Å²) in [7, 11) is 3.04. The van der Waals surface area contributed by atoms with Gasteiger partial charge < -0.3 is 14.6 Å². The van der Waals surface area contributed by atoms with Gasteiger partial charge >= 0.3 is 0 Å². The number of rotatable bonds is 5. The number of carbonyl (C=O) groups excluding carboxylic acids is 1. The number of aliphatic hydroxyl groups is 1. The van der Waals surface area contributed by atoms with Gasteiger partial charge in [-0.05, 0) is 49.2 Å².